The predicted molar refractivity (Wildman–Crippen MR) is 79.8 cm³/mol. The number of benzene rings is 2. The molecule has 1 aromatic heterocycles. The molecular formula is C16H7ClF2O4. The highest BCUT2D eigenvalue weighted by Crippen LogP contribution is 2.29. The van der Waals surface area contributed by atoms with Crippen LogP contribution in [0.15, 0.2) is 45.6 Å². The molecule has 0 amide bonds. The zero-order valence-corrected chi connectivity index (χ0v) is 12.0. The highest BCUT2D eigenvalue weighted by molar-refractivity contribution is 6.31. The molecule has 0 aliphatic carbocycles. The topological polar surface area (TPSA) is 67.5 Å². The van der Waals surface area contributed by atoms with Crippen LogP contribution >= 0.6 is 11.6 Å². The van der Waals surface area contributed by atoms with Crippen molar-refractivity contribution < 1.29 is 23.1 Å². The number of carboxylic acids is 1. The molecule has 0 radical (unpaired) electrons. The summed E-state index contributed by atoms with van der Waals surface area (Å²) in [5, 5.41) is 9.44. The summed E-state index contributed by atoms with van der Waals surface area (Å²) in [4.78, 5) is 23.8. The van der Waals surface area contributed by atoms with Gasteiger partial charge in [-0.2, -0.15) is 0 Å². The van der Waals surface area contributed by atoms with Crippen molar-refractivity contribution in [3.63, 3.8) is 0 Å². The van der Waals surface area contributed by atoms with Crippen molar-refractivity contribution >= 4 is 28.5 Å². The van der Waals surface area contributed by atoms with Crippen molar-refractivity contribution in [1.29, 1.82) is 0 Å². The Morgan fingerprint density at radius 1 is 1.13 bits per heavy atom. The highest BCUT2D eigenvalue weighted by Gasteiger charge is 2.24. The lowest BCUT2D eigenvalue weighted by molar-refractivity contribution is 0.0694. The van der Waals surface area contributed by atoms with E-state index in [0.29, 0.717) is 0 Å². The summed E-state index contributed by atoms with van der Waals surface area (Å²) in [5.74, 6) is -3.87. The summed E-state index contributed by atoms with van der Waals surface area (Å²) in [6, 6.07) is 6.49. The Morgan fingerprint density at radius 2 is 1.87 bits per heavy atom. The second-order valence-electron chi connectivity index (χ2n) is 4.71. The molecule has 2 aromatic carbocycles. The molecule has 1 heterocycles. The molecule has 3 aromatic rings. The van der Waals surface area contributed by atoms with Crippen LogP contribution in [0.25, 0.3) is 22.3 Å². The fourth-order valence-corrected chi connectivity index (χ4v) is 2.39. The summed E-state index contributed by atoms with van der Waals surface area (Å²) < 4.78 is 32.7. The van der Waals surface area contributed by atoms with Gasteiger partial charge in [-0.25, -0.2) is 13.6 Å². The van der Waals surface area contributed by atoms with Gasteiger partial charge in [0.2, 0.25) is 5.43 Å². The maximum absolute atomic E-state index is 14.0. The van der Waals surface area contributed by atoms with Gasteiger partial charge in [0.1, 0.15) is 17.2 Å². The molecular weight excluding hydrogens is 330 g/mol. The van der Waals surface area contributed by atoms with E-state index >= 15 is 0 Å². The molecule has 23 heavy (non-hydrogen) atoms. The summed E-state index contributed by atoms with van der Waals surface area (Å²) in [6.45, 7) is 0. The summed E-state index contributed by atoms with van der Waals surface area (Å²) in [5.41, 5.74) is -2.11. The van der Waals surface area contributed by atoms with Crippen molar-refractivity contribution in [3.05, 3.63) is 68.8 Å². The van der Waals surface area contributed by atoms with Crippen molar-refractivity contribution in [2.75, 3.05) is 0 Å². The molecule has 0 bridgehead atoms. The zero-order valence-electron chi connectivity index (χ0n) is 11.3. The Kier molecular flexibility index (Phi) is 3.61. The molecule has 3 rings (SSSR count). The Bertz CT molecular complexity index is 1010. The van der Waals surface area contributed by atoms with Crippen molar-refractivity contribution in [2.24, 2.45) is 0 Å². The Hall–Kier alpha value is -2.73. The van der Waals surface area contributed by atoms with E-state index in [-0.39, 0.29) is 16.0 Å². The van der Waals surface area contributed by atoms with Crippen LogP contribution in [0.3, 0.4) is 0 Å². The molecule has 0 saturated heterocycles. The SMILES string of the molecule is O=C(O)c1c(-c2cc(F)ccc2F)oc2ccc(Cl)cc2c1=O. The molecule has 116 valence electrons. The van der Waals surface area contributed by atoms with Crippen LogP contribution in [-0.4, -0.2) is 11.1 Å². The Morgan fingerprint density at radius 3 is 2.57 bits per heavy atom. The van der Waals surface area contributed by atoms with Crippen molar-refractivity contribution in [3.8, 4) is 11.3 Å². The van der Waals surface area contributed by atoms with E-state index < -0.39 is 39.9 Å². The van der Waals surface area contributed by atoms with Gasteiger partial charge in [-0.15, -0.1) is 0 Å². The van der Waals surface area contributed by atoms with E-state index in [0.717, 1.165) is 18.2 Å². The first-order chi connectivity index (χ1) is 10.9. The highest BCUT2D eigenvalue weighted by atomic mass is 35.5. The van der Waals surface area contributed by atoms with Gasteiger partial charge in [-0.1, -0.05) is 11.6 Å². The number of hydrogen-bond donors (Lipinski definition) is 1. The van der Waals surface area contributed by atoms with Crippen molar-refractivity contribution in [1.82, 2.24) is 0 Å². The lowest BCUT2D eigenvalue weighted by Gasteiger charge is -2.08. The number of rotatable bonds is 2. The third-order valence-corrected chi connectivity index (χ3v) is 3.47. The van der Waals surface area contributed by atoms with Crippen LogP contribution in [0.1, 0.15) is 10.4 Å². The minimum absolute atomic E-state index is 0.0167. The van der Waals surface area contributed by atoms with E-state index in [9.17, 15) is 23.5 Å². The molecule has 0 fully saturated rings. The zero-order chi connectivity index (χ0) is 16.7. The molecule has 0 spiro atoms. The molecule has 0 unspecified atom stereocenters. The minimum atomic E-state index is -1.61. The first-order valence-electron chi connectivity index (χ1n) is 6.33. The van der Waals surface area contributed by atoms with Crippen LogP contribution < -0.4 is 5.43 Å². The van der Waals surface area contributed by atoms with Crippen LogP contribution in [-0.2, 0) is 0 Å². The first kappa shape index (κ1) is 15.2. The Labute approximate surface area is 132 Å². The average Bonchev–Trinajstić information content (AvgIpc) is 2.49. The van der Waals surface area contributed by atoms with E-state index in [4.69, 9.17) is 16.0 Å². The number of aromatic carboxylic acids is 1. The molecule has 0 atom stereocenters. The van der Waals surface area contributed by atoms with Gasteiger partial charge in [0, 0.05) is 5.02 Å². The molecule has 0 aliphatic rings. The Balaban J connectivity index is 2.47. The van der Waals surface area contributed by atoms with Crippen LogP contribution in [0.2, 0.25) is 5.02 Å². The predicted octanol–water partition coefficient (Wildman–Crippen LogP) is 4.09. The number of carboxylic acid groups (broad SMARTS) is 1. The van der Waals surface area contributed by atoms with Crippen LogP contribution in [0, 0.1) is 11.6 Å². The smallest absolute Gasteiger partial charge is 0.343 e. The molecule has 0 saturated carbocycles. The number of hydrogen-bond acceptors (Lipinski definition) is 3. The standard InChI is InChI=1S/C16H7ClF2O4/c17-7-1-4-12-10(5-7)14(20)13(16(21)22)15(23-12)9-6-8(18)2-3-11(9)19/h1-6H,(H,21,22). The van der Waals surface area contributed by atoms with E-state index in [1.54, 1.807) is 0 Å². The second kappa shape index (κ2) is 5.48. The first-order valence-corrected chi connectivity index (χ1v) is 6.71. The van der Waals surface area contributed by atoms with Gasteiger partial charge in [0.25, 0.3) is 0 Å². The monoisotopic (exact) mass is 336 g/mol. The number of halogens is 3. The molecule has 4 nitrogen and oxygen atoms in total. The van der Waals surface area contributed by atoms with Crippen LogP contribution in [0.5, 0.6) is 0 Å². The van der Waals surface area contributed by atoms with Gasteiger partial charge < -0.3 is 9.52 Å². The number of fused-ring (bicyclic) bond motifs is 1. The maximum Gasteiger partial charge on any atom is 0.343 e. The average molecular weight is 337 g/mol. The largest absolute Gasteiger partial charge is 0.477 e. The third-order valence-electron chi connectivity index (χ3n) is 3.24. The fourth-order valence-electron chi connectivity index (χ4n) is 2.22. The minimum Gasteiger partial charge on any atom is -0.477 e. The van der Waals surface area contributed by atoms with Crippen molar-refractivity contribution in [2.45, 2.75) is 0 Å². The summed E-state index contributed by atoms with van der Waals surface area (Å²) in [6.07, 6.45) is 0. The lowest BCUT2D eigenvalue weighted by atomic mass is 10.0. The maximum atomic E-state index is 14.0. The van der Waals surface area contributed by atoms with Gasteiger partial charge in [0.15, 0.2) is 11.3 Å². The normalized spacial score (nSPS) is 10.9. The van der Waals surface area contributed by atoms with Gasteiger partial charge in [-0.05, 0) is 36.4 Å². The molecule has 1 N–H and O–H groups in total. The van der Waals surface area contributed by atoms with E-state index in [1.165, 1.54) is 18.2 Å². The van der Waals surface area contributed by atoms with E-state index in [1.807, 2.05) is 0 Å². The third kappa shape index (κ3) is 2.57. The van der Waals surface area contributed by atoms with Gasteiger partial charge in [-0.3, -0.25) is 4.79 Å². The lowest BCUT2D eigenvalue weighted by Crippen LogP contribution is -2.17. The molecule has 7 heteroatoms. The quantitative estimate of drug-likeness (QED) is 0.765. The van der Waals surface area contributed by atoms with E-state index in [2.05, 4.69) is 0 Å². The van der Waals surface area contributed by atoms with Gasteiger partial charge in [0.05, 0.1) is 10.9 Å². The number of carbonyl (C=O) groups is 1. The second-order valence-corrected chi connectivity index (χ2v) is 5.14. The summed E-state index contributed by atoms with van der Waals surface area (Å²) >= 11 is 5.79. The summed E-state index contributed by atoms with van der Waals surface area (Å²) in [7, 11) is 0. The fraction of sp³-hybridized carbons (Fsp3) is 0. The molecule has 0 aliphatic heterocycles. The van der Waals surface area contributed by atoms with Gasteiger partial charge >= 0.3 is 5.97 Å². The van der Waals surface area contributed by atoms with Crippen LogP contribution in [0.4, 0.5) is 8.78 Å².